The lowest BCUT2D eigenvalue weighted by atomic mass is 10.0. The summed E-state index contributed by atoms with van der Waals surface area (Å²) in [5, 5.41) is 0. The van der Waals surface area contributed by atoms with Crippen molar-refractivity contribution in [2.45, 2.75) is 12.5 Å². The van der Waals surface area contributed by atoms with Crippen LogP contribution >= 0.6 is 15.9 Å². The number of nitrogens with two attached hydrogens (primary N) is 2. The average Bonchev–Trinajstić information content (AvgIpc) is 2.61. The van der Waals surface area contributed by atoms with Crippen molar-refractivity contribution >= 4 is 21.8 Å². The molecule has 0 radical (unpaired) electrons. The second-order valence-electron chi connectivity index (χ2n) is 3.50. The van der Waals surface area contributed by atoms with Crippen LogP contribution in [0.5, 0.6) is 11.5 Å². The highest BCUT2D eigenvalue weighted by Gasteiger charge is 2.20. The Labute approximate surface area is 101 Å². The zero-order valence-electron chi connectivity index (χ0n) is 8.40. The molecule has 1 atom stereocenters. The lowest BCUT2D eigenvalue weighted by Crippen LogP contribution is -2.20. The number of carbonyl (C=O) groups is 1. The summed E-state index contributed by atoms with van der Waals surface area (Å²) >= 11 is 3.37. The maximum absolute atomic E-state index is 10.8. The van der Waals surface area contributed by atoms with Crippen molar-refractivity contribution in [3.63, 3.8) is 0 Å². The van der Waals surface area contributed by atoms with Gasteiger partial charge in [-0.05, 0) is 17.7 Å². The smallest absolute Gasteiger partial charge is 0.231 e. The minimum Gasteiger partial charge on any atom is -0.454 e. The van der Waals surface area contributed by atoms with Gasteiger partial charge in [0.1, 0.15) is 0 Å². The number of halogens is 1. The minimum atomic E-state index is -0.443. The molecule has 16 heavy (non-hydrogen) atoms. The predicted octanol–water partition coefficient (Wildman–Crippen LogP) is 1.05. The Kier molecular flexibility index (Phi) is 3.02. The summed E-state index contributed by atoms with van der Waals surface area (Å²) in [6.07, 6.45) is 0.0955. The number of hydrogen-bond acceptors (Lipinski definition) is 4. The molecule has 1 unspecified atom stereocenters. The van der Waals surface area contributed by atoms with Crippen LogP contribution in [0.15, 0.2) is 16.6 Å². The lowest BCUT2D eigenvalue weighted by Gasteiger charge is -2.12. The highest BCUT2D eigenvalue weighted by atomic mass is 79.9. The Bertz CT molecular complexity index is 436. The SMILES string of the molecule is NC(=O)CC(N)c1cc2c(cc1Br)OCO2. The molecule has 1 aliphatic rings. The van der Waals surface area contributed by atoms with E-state index in [1.54, 1.807) is 12.1 Å². The van der Waals surface area contributed by atoms with E-state index in [1.165, 1.54) is 0 Å². The van der Waals surface area contributed by atoms with Crippen molar-refractivity contribution in [3.05, 3.63) is 22.2 Å². The molecular weight excluding hydrogens is 276 g/mol. The largest absolute Gasteiger partial charge is 0.454 e. The Morgan fingerprint density at radius 1 is 1.44 bits per heavy atom. The second kappa shape index (κ2) is 4.31. The number of rotatable bonds is 3. The molecule has 0 fully saturated rings. The standard InChI is InChI=1S/C10H11BrN2O3/c11-6-2-9-8(15-4-16-9)1-5(6)7(12)3-10(13)14/h1-2,7H,3-4,12H2,(H2,13,14). The van der Waals surface area contributed by atoms with Crippen LogP contribution in [0.3, 0.4) is 0 Å². The number of carbonyl (C=O) groups excluding carboxylic acids is 1. The molecule has 4 N–H and O–H groups in total. The van der Waals surface area contributed by atoms with E-state index < -0.39 is 11.9 Å². The van der Waals surface area contributed by atoms with Gasteiger partial charge in [-0.25, -0.2) is 0 Å². The number of fused-ring (bicyclic) bond motifs is 1. The molecule has 0 saturated carbocycles. The average molecular weight is 287 g/mol. The van der Waals surface area contributed by atoms with E-state index in [1.807, 2.05) is 0 Å². The van der Waals surface area contributed by atoms with Gasteiger partial charge >= 0.3 is 0 Å². The summed E-state index contributed by atoms with van der Waals surface area (Å²) in [6, 6.07) is 3.10. The fourth-order valence-electron chi connectivity index (χ4n) is 1.54. The van der Waals surface area contributed by atoms with Crippen molar-refractivity contribution in [2.24, 2.45) is 11.5 Å². The van der Waals surface area contributed by atoms with Gasteiger partial charge in [-0.3, -0.25) is 4.79 Å². The molecule has 0 spiro atoms. The van der Waals surface area contributed by atoms with E-state index >= 15 is 0 Å². The third kappa shape index (κ3) is 2.12. The molecule has 1 heterocycles. The number of hydrogen-bond donors (Lipinski definition) is 2. The zero-order valence-corrected chi connectivity index (χ0v) is 9.99. The van der Waals surface area contributed by atoms with Crippen molar-refractivity contribution in [3.8, 4) is 11.5 Å². The molecular formula is C10H11BrN2O3. The summed E-state index contributed by atoms with van der Waals surface area (Å²) in [7, 11) is 0. The van der Waals surface area contributed by atoms with Crippen LogP contribution in [0.4, 0.5) is 0 Å². The molecule has 0 aromatic heterocycles. The van der Waals surface area contributed by atoms with Crippen LogP contribution in [-0.2, 0) is 4.79 Å². The fourth-order valence-corrected chi connectivity index (χ4v) is 2.16. The van der Waals surface area contributed by atoms with E-state index in [-0.39, 0.29) is 13.2 Å². The molecule has 86 valence electrons. The fraction of sp³-hybridized carbons (Fsp3) is 0.300. The first-order chi connectivity index (χ1) is 7.58. The minimum absolute atomic E-state index is 0.0955. The zero-order chi connectivity index (χ0) is 11.7. The molecule has 6 heteroatoms. The van der Waals surface area contributed by atoms with E-state index in [4.69, 9.17) is 20.9 Å². The molecule has 0 saturated heterocycles. The van der Waals surface area contributed by atoms with Gasteiger partial charge in [0.2, 0.25) is 12.7 Å². The van der Waals surface area contributed by atoms with Gasteiger partial charge in [0.25, 0.3) is 0 Å². The Hall–Kier alpha value is -1.27. The first-order valence-electron chi connectivity index (χ1n) is 4.71. The topological polar surface area (TPSA) is 87.6 Å². The van der Waals surface area contributed by atoms with Crippen LogP contribution in [0.2, 0.25) is 0 Å². The molecule has 1 aliphatic heterocycles. The van der Waals surface area contributed by atoms with Gasteiger partial charge in [-0.1, -0.05) is 15.9 Å². The Morgan fingerprint density at radius 2 is 2.06 bits per heavy atom. The van der Waals surface area contributed by atoms with Gasteiger partial charge < -0.3 is 20.9 Å². The van der Waals surface area contributed by atoms with E-state index in [0.717, 1.165) is 10.0 Å². The summed E-state index contributed by atoms with van der Waals surface area (Å²) in [5.41, 5.74) is 11.7. The van der Waals surface area contributed by atoms with Crippen LogP contribution in [0.1, 0.15) is 18.0 Å². The van der Waals surface area contributed by atoms with Gasteiger partial charge in [0.15, 0.2) is 11.5 Å². The second-order valence-corrected chi connectivity index (χ2v) is 4.36. The predicted molar refractivity (Wildman–Crippen MR) is 61.0 cm³/mol. The number of ether oxygens (including phenoxy) is 2. The van der Waals surface area contributed by atoms with Gasteiger partial charge in [0.05, 0.1) is 0 Å². The van der Waals surface area contributed by atoms with Crippen LogP contribution in [0, 0.1) is 0 Å². The van der Waals surface area contributed by atoms with Crippen LogP contribution < -0.4 is 20.9 Å². The summed E-state index contributed by atoms with van der Waals surface area (Å²) in [6.45, 7) is 0.205. The maximum Gasteiger partial charge on any atom is 0.231 e. The van der Waals surface area contributed by atoms with Gasteiger partial charge in [0, 0.05) is 16.9 Å². The van der Waals surface area contributed by atoms with Gasteiger partial charge in [-0.2, -0.15) is 0 Å². The number of amides is 1. The molecule has 1 amide bonds. The van der Waals surface area contributed by atoms with Crippen molar-refractivity contribution < 1.29 is 14.3 Å². The van der Waals surface area contributed by atoms with Crippen LogP contribution in [-0.4, -0.2) is 12.7 Å². The van der Waals surface area contributed by atoms with E-state index in [2.05, 4.69) is 15.9 Å². The third-order valence-electron chi connectivity index (χ3n) is 2.31. The van der Waals surface area contributed by atoms with Gasteiger partial charge in [-0.15, -0.1) is 0 Å². The van der Waals surface area contributed by atoms with E-state index in [9.17, 15) is 4.79 Å². The summed E-state index contributed by atoms with van der Waals surface area (Å²) in [4.78, 5) is 10.8. The molecule has 5 nitrogen and oxygen atoms in total. The molecule has 1 aromatic carbocycles. The number of benzene rings is 1. The summed E-state index contributed by atoms with van der Waals surface area (Å²) < 4.78 is 11.2. The van der Waals surface area contributed by atoms with Crippen molar-refractivity contribution in [2.75, 3.05) is 6.79 Å². The Morgan fingerprint density at radius 3 is 2.69 bits per heavy atom. The van der Waals surface area contributed by atoms with Crippen molar-refractivity contribution in [1.29, 1.82) is 0 Å². The third-order valence-corrected chi connectivity index (χ3v) is 3.00. The van der Waals surface area contributed by atoms with Crippen LogP contribution in [0.25, 0.3) is 0 Å². The monoisotopic (exact) mass is 286 g/mol. The normalized spacial score (nSPS) is 14.9. The number of primary amides is 1. The highest BCUT2D eigenvalue weighted by molar-refractivity contribution is 9.10. The molecule has 2 rings (SSSR count). The maximum atomic E-state index is 10.8. The summed E-state index contributed by atoms with van der Waals surface area (Å²) in [5.74, 6) is 0.872. The highest BCUT2D eigenvalue weighted by Crippen LogP contribution is 2.39. The molecule has 0 bridgehead atoms. The first-order valence-corrected chi connectivity index (χ1v) is 5.50. The van der Waals surface area contributed by atoms with E-state index in [0.29, 0.717) is 11.5 Å². The quantitative estimate of drug-likeness (QED) is 0.870. The lowest BCUT2D eigenvalue weighted by molar-refractivity contribution is -0.118. The van der Waals surface area contributed by atoms with Crippen molar-refractivity contribution in [1.82, 2.24) is 0 Å². The molecule has 1 aromatic rings. The Balaban J connectivity index is 2.30. The first kappa shape index (κ1) is 11.2. The molecule has 0 aliphatic carbocycles.